The minimum Gasteiger partial charge on any atom is -0.449 e. The van der Waals surface area contributed by atoms with Gasteiger partial charge in [-0.15, -0.1) is 0 Å². The summed E-state index contributed by atoms with van der Waals surface area (Å²) >= 11 is 0. The van der Waals surface area contributed by atoms with Crippen LogP contribution in [0.5, 0.6) is 0 Å². The van der Waals surface area contributed by atoms with Gasteiger partial charge in [0, 0.05) is 6.54 Å². The van der Waals surface area contributed by atoms with E-state index in [0.29, 0.717) is 54.6 Å². The van der Waals surface area contributed by atoms with Crippen molar-refractivity contribution in [2.75, 3.05) is 19.8 Å². The van der Waals surface area contributed by atoms with Crippen molar-refractivity contribution >= 4 is 6.09 Å². The van der Waals surface area contributed by atoms with Crippen molar-refractivity contribution < 1.29 is 24.9 Å². The molecule has 5 aliphatic rings. The van der Waals surface area contributed by atoms with Crippen LogP contribution in [0, 0.1) is 52.3 Å². The zero-order chi connectivity index (χ0) is 27.2. The number of aliphatic hydroxyl groups excluding tert-OH is 3. The van der Waals surface area contributed by atoms with E-state index in [9.17, 15) is 20.1 Å². The molecule has 1 saturated heterocycles. The predicted molar refractivity (Wildman–Crippen MR) is 148 cm³/mol. The number of hydrogen-bond donors (Lipinski definition) is 3. The zero-order valence-electron chi connectivity index (χ0n) is 24.5. The minimum atomic E-state index is -0.261. The first-order valence-electron chi connectivity index (χ1n) is 16.1. The Hall–Kier alpha value is -0.850. The van der Waals surface area contributed by atoms with E-state index >= 15 is 0 Å². The lowest BCUT2D eigenvalue weighted by molar-refractivity contribution is -0.203. The van der Waals surface area contributed by atoms with E-state index in [2.05, 4.69) is 27.7 Å². The summed E-state index contributed by atoms with van der Waals surface area (Å²) in [6.07, 6.45) is 11.8. The third-order valence-electron chi connectivity index (χ3n) is 13.0. The highest BCUT2D eigenvalue weighted by Crippen LogP contribution is 2.69. The van der Waals surface area contributed by atoms with Crippen molar-refractivity contribution in [1.29, 1.82) is 0 Å². The van der Waals surface area contributed by atoms with Gasteiger partial charge in [-0.3, -0.25) is 0 Å². The number of fused-ring (bicyclic) bond motifs is 5. The summed E-state index contributed by atoms with van der Waals surface area (Å²) in [6.45, 7) is 10.8. The van der Waals surface area contributed by atoms with E-state index in [1.54, 1.807) is 4.90 Å². The van der Waals surface area contributed by atoms with Crippen molar-refractivity contribution in [1.82, 2.24) is 4.90 Å². The van der Waals surface area contributed by atoms with Crippen LogP contribution in [-0.4, -0.2) is 64.3 Å². The summed E-state index contributed by atoms with van der Waals surface area (Å²) in [5.41, 5.74) is 0.472. The van der Waals surface area contributed by atoms with Crippen LogP contribution in [0.25, 0.3) is 0 Å². The Morgan fingerprint density at radius 1 is 1.00 bits per heavy atom. The Labute approximate surface area is 230 Å². The number of carbonyl (C=O) groups excluding carboxylic acids is 1. The van der Waals surface area contributed by atoms with E-state index in [1.165, 1.54) is 25.7 Å². The molecular formula is C32H55NO5. The normalized spacial score (nSPS) is 47.6. The van der Waals surface area contributed by atoms with Gasteiger partial charge in [0.1, 0.15) is 0 Å². The smallest absolute Gasteiger partial charge is 0.410 e. The van der Waals surface area contributed by atoms with Gasteiger partial charge >= 0.3 is 6.09 Å². The second kappa shape index (κ2) is 11.2. The Morgan fingerprint density at radius 3 is 2.47 bits per heavy atom. The molecule has 5 rings (SSSR count). The molecule has 3 N–H and O–H groups in total. The number of nitrogens with zero attached hydrogens (tertiary/aromatic N) is 1. The maximum Gasteiger partial charge on any atom is 0.410 e. The Balaban J connectivity index is 1.24. The minimum absolute atomic E-state index is 0.0145. The Bertz CT molecular complexity index is 837. The number of rotatable bonds is 6. The molecule has 0 radical (unpaired) electrons. The number of piperidine rings is 1. The van der Waals surface area contributed by atoms with E-state index in [-0.39, 0.29) is 41.8 Å². The van der Waals surface area contributed by atoms with Crippen LogP contribution >= 0.6 is 0 Å². The molecule has 2 unspecified atom stereocenters. The fourth-order valence-corrected chi connectivity index (χ4v) is 11.0. The highest BCUT2D eigenvalue weighted by atomic mass is 16.6. The first-order valence-corrected chi connectivity index (χ1v) is 16.1. The standard InChI is InChI=1S/C32H55NO5/c1-5-23-27-18-22(35)11-14-32(27,4)26-12-15-31(3)24(9-10-25(31)28(26)29(23)36)20(2)13-17-38-30(37)33-16-7-6-8-21(33)19-34/h20-29,34-36H,5-19H2,1-4H3/t20-,21?,22-,23-,24-,25+,26?,27+,28+,29-,31-,32-/m1/s1. The van der Waals surface area contributed by atoms with Crippen molar-refractivity contribution in [3.63, 3.8) is 0 Å². The first-order chi connectivity index (χ1) is 18.2. The largest absolute Gasteiger partial charge is 0.449 e. The number of hydrogen-bond acceptors (Lipinski definition) is 5. The molecule has 5 fully saturated rings. The van der Waals surface area contributed by atoms with Crippen molar-refractivity contribution in [3.8, 4) is 0 Å². The monoisotopic (exact) mass is 533 g/mol. The van der Waals surface area contributed by atoms with Crippen LogP contribution < -0.4 is 0 Å². The number of aliphatic hydroxyl groups is 3. The lowest BCUT2D eigenvalue weighted by Gasteiger charge is -2.64. The molecule has 38 heavy (non-hydrogen) atoms. The van der Waals surface area contributed by atoms with Crippen molar-refractivity contribution in [2.24, 2.45) is 52.3 Å². The summed E-state index contributed by atoms with van der Waals surface area (Å²) in [4.78, 5) is 14.5. The second-order valence-electron chi connectivity index (χ2n) is 14.5. The SMILES string of the molecule is CC[C@H]1[C@@H](O)[C@@H]2C(CC[C@]3(C)[C@@H]([C@H](C)CCOC(=O)N4CCCCC4CO)CC[C@@H]23)[C@@]2(C)CC[C@@H](O)C[C@@H]12. The number of ether oxygens (including phenoxy) is 1. The molecule has 0 aromatic rings. The highest BCUT2D eigenvalue weighted by Gasteiger charge is 2.64. The van der Waals surface area contributed by atoms with Gasteiger partial charge in [-0.2, -0.15) is 0 Å². The van der Waals surface area contributed by atoms with Gasteiger partial charge in [0.05, 0.1) is 31.5 Å². The van der Waals surface area contributed by atoms with Crippen molar-refractivity contribution in [2.45, 2.75) is 123 Å². The van der Waals surface area contributed by atoms with Crippen LogP contribution in [0.2, 0.25) is 0 Å². The van der Waals surface area contributed by atoms with Crippen LogP contribution in [0.4, 0.5) is 4.79 Å². The average Bonchev–Trinajstić information content (AvgIpc) is 3.27. The molecule has 0 bridgehead atoms. The molecule has 4 aliphatic carbocycles. The maximum atomic E-state index is 12.7. The predicted octanol–water partition coefficient (Wildman–Crippen LogP) is 5.62. The topological polar surface area (TPSA) is 90.2 Å². The summed E-state index contributed by atoms with van der Waals surface area (Å²) in [5, 5.41) is 32.1. The zero-order valence-corrected chi connectivity index (χ0v) is 24.5. The molecular weight excluding hydrogens is 478 g/mol. The maximum absolute atomic E-state index is 12.7. The Morgan fingerprint density at radius 2 is 1.74 bits per heavy atom. The third kappa shape index (κ3) is 4.72. The van der Waals surface area contributed by atoms with Crippen molar-refractivity contribution in [3.05, 3.63) is 0 Å². The molecule has 1 amide bonds. The molecule has 1 aliphatic heterocycles. The van der Waals surface area contributed by atoms with Crippen LogP contribution in [0.1, 0.15) is 105 Å². The summed E-state index contributed by atoms with van der Waals surface area (Å²) in [5.74, 6) is 3.30. The second-order valence-corrected chi connectivity index (χ2v) is 14.5. The number of likely N-dealkylation sites (tertiary alicyclic amines) is 1. The van der Waals surface area contributed by atoms with Crippen LogP contribution in [0.3, 0.4) is 0 Å². The lowest BCUT2D eigenvalue weighted by Crippen LogP contribution is -2.62. The van der Waals surface area contributed by atoms with E-state index in [4.69, 9.17) is 4.74 Å². The summed E-state index contributed by atoms with van der Waals surface area (Å²) in [7, 11) is 0. The molecule has 1 heterocycles. The van der Waals surface area contributed by atoms with E-state index < -0.39 is 0 Å². The lowest BCUT2D eigenvalue weighted by atomic mass is 9.41. The third-order valence-corrected chi connectivity index (χ3v) is 13.0. The molecule has 6 heteroatoms. The molecule has 218 valence electrons. The van der Waals surface area contributed by atoms with Crippen LogP contribution in [-0.2, 0) is 4.74 Å². The molecule has 6 nitrogen and oxygen atoms in total. The molecule has 0 spiro atoms. The van der Waals surface area contributed by atoms with E-state index in [0.717, 1.165) is 51.4 Å². The fraction of sp³-hybridized carbons (Fsp3) is 0.969. The molecule has 0 aromatic carbocycles. The van der Waals surface area contributed by atoms with Gasteiger partial charge in [0.25, 0.3) is 0 Å². The average molecular weight is 534 g/mol. The summed E-state index contributed by atoms with van der Waals surface area (Å²) < 4.78 is 5.74. The molecule has 4 saturated carbocycles. The molecule has 0 aromatic heterocycles. The van der Waals surface area contributed by atoms with Gasteiger partial charge in [-0.25, -0.2) is 4.79 Å². The van der Waals surface area contributed by atoms with Gasteiger partial charge in [-0.05, 0) is 123 Å². The van der Waals surface area contributed by atoms with Gasteiger partial charge in [0.2, 0.25) is 0 Å². The molecule has 12 atom stereocenters. The van der Waals surface area contributed by atoms with Gasteiger partial charge < -0.3 is 25.0 Å². The van der Waals surface area contributed by atoms with Gasteiger partial charge in [0.15, 0.2) is 0 Å². The van der Waals surface area contributed by atoms with Gasteiger partial charge in [-0.1, -0.05) is 34.1 Å². The van der Waals surface area contributed by atoms with E-state index in [1.807, 2.05) is 0 Å². The first kappa shape index (κ1) is 28.7. The highest BCUT2D eigenvalue weighted by molar-refractivity contribution is 5.68. The number of amides is 1. The fourth-order valence-electron chi connectivity index (χ4n) is 11.0. The Kier molecular flexibility index (Phi) is 8.45. The quantitative estimate of drug-likeness (QED) is 0.412. The van der Waals surface area contributed by atoms with Crippen LogP contribution in [0.15, 0.2) is 0 Å². The summed E-state index contributed by atoms with van der Waals surface area (Å²) in [6, 6.07) is -0.0962. The number of carbonyl (C=O) groups is 1.